The molecule has 2 aromatic carbocycles. The fraction of sp³-hybridized carbons (Fsp3) is 0.200. The van der Waals surface area contributed by atoms with Crippen LogP contribution in [0.15, 0.2) is 34.8 Å². The van der Waals surface area contributed by atoms with Gasteiger partial charge in [0, 0.05) is 10.0 Å². The predicted octanol–water partition coefficient (Wildman–Crippen LogP) is 4.39. The van der Waals surface area contributed by atoms with Gasteiger partial charge in [-0.3, -0.25) is 0 Å². The van der Waals surface area contributed by atoms with E-state index in [2.05, 4.69) is 15.9 Å². The summed E-state index contributed by atoms with van der Waals surface area (Å²) in [5.74, 6) is -1.19. The third-order valence-electron chi connectivity index (χ3n) is 3.20. The Kier molecular flexibility index (Phi) is 4.02. The first kappa shape index (κ1) is 14.2. The number of aryl methyl sites for hydroxylation is 2. The highest BCUT2D eigenvalue weighted by atomic mass is 79.9. The molecule has 0 saturated carbocycles. The van der Waals surface area contributed by atoms with E-state index >= 15 is 0 Å². The van der Waals surface area contributed by atoms with E-state index in [-0.39, 0.29) is 5.56 Å². The van der Waals surface area contributed by atoms with E-state index in [0.717, 1.165) is 10.0 Å². The van der Waals surface area contributed by atoms with E-state index in [1.807, 2.05) is 19.1 Å². The van der Waals surface area contributed by atoms with Crippen LogP contribution in [0.25, 0.3) is 0 Å². The van der Waals surface area contributed by atoms with Gasteiger partial charge < -0.3 is 5.73 Å². The van der Waals surface area contributed by atoms with Crippen LogP contribution in [-0.2, 0) is 0 Å². The van der Waals surface area contributed by atoms with Crippen molar-refractivity contribution in [1.82, 2.24) is 0 Å². The largest absolute Gasteiger partial charge is 0.320 e. The van der Waals surface area contributed by atoms with Crippen LogP contribution < -0.4 is 5.73 Å². The molecule has 4 heteroatoms. The van der Waals surface area contributed by atoms with Gasteiger partial charge in [-0.2, -0.15) is 0 Å². The SMILES string of the molecule is Cc1cc(Br)ccc1C(N)c1c(F)ccc(C)c1F. The molecule has 100 valence electrons. The van der Waals surface area contributed by atoms with Gasteiger partial charge in [0.2, 0.25) is 0 Å². The lowest BCUT2D eigenvalue weighted by atomic mass is 9.94. The van der Waals surface area contributed by atoms with E-state index in [4.69, 9.17) is 5.73 Å². The number of hydrogen-bond donors (Lipinski definition) is 1. The fourth-order valence-corrected chi connectivity index (χ4v) is 2.58. The Morgan fingerprint density at radius 2 is 1.74 bits per heavy atom. The summed E-state index contributed by atoms with van der Waals surface area (Å²) in [4.78, 5) is 0. The van der Waals surface area contributed by atoms with Crippen LogP contribution >= 0.6 is 15.9 Å². The molecule has 0 saturated heterocycles. The summed E-state index contributed by atoms with van der Waals surface area (Å²) in [6.07, 6.45) is 0. The van der Waals surface area contributed by atoms with Gasteiger partial charge >= 0.3 is 0 Å². The van der Waals surface area contributed by atoms with E-state index in [1.54, 1.807) is 13.0 Å². The first-order valence-electron chi connectivity index (χ1n) is 5.88. The Labute approximate surface area is 119 Å². The zero-order valence-corrected chi connectivity index (χ0v) is 12.3. The van der Waals surface area contributed by atoms with Crippen LogP contribution in [0.4, 0.5) is 8.78 Å². The molecule has 0 heterocycles. The van der Waals surface area contributed by atoms with Gasteiger partial charge in [-0.05, 0) is 48.7 Å². The highest BCUT2D eigenvalue weighted by Crippen LogP contribution is 2.29. The minimum atomic E-state index is -0.812. The van der Waals surface area contributed by atoms with Crippen LogP contribution in [0, 0.1) is 25.5 Å². The normalized spacial score (nSPS) is 12.5. The molecule has 0 amide bonds. The maximum atomic E-state index is 14.1. The van der Waals surface area contributed by atoms with E-state index in [0.29, 0.717) is 11.1 Å². The molecule has 2 N–H and O–H groups in total. The zero-order valence-electron chi connectivity index (χ0n) is 10.7. The Bertz CT molecular complexity index is 626. The van der Waals surface area contributed by atoms with Crippen molar-refractivity contribution >= 4 is 15.9 Å². The summed E-state index contributed by atoms with van der Waals surface area (Å²) >= 11 is 3.35. The first-order chi connectivity index (χ1) is 8.91. The zero-order chi connectivity index (χ0) is 14.2. The minimum Gasteiger partial charge on any atom is -0.320 e. The number of rotatable bonds is 2. The molecule has 0 aliphatic rings. The van der Waals surface area contributed by atoms with Crippen molar-refractivity contribution in [2.24, 2.45) is 5.73 Å². The van der Waals surface area contributed by atoms with Gasteiger partial charge in [-0.25, -0.2) is 8.78 Å². The summed E-state index contributed by atoms with van der Waals surface area (Å²) in [7, 11) is 0. The van der Waals surface area contributed by atoms with Crippen LogP contribution in [0.3, 0.4) is 0 Å². The highest BCUT2D eigenvalue weighted by molar-refractivity contribution is 9.10. The molecule has 0 spiro atoms. The van der Waals surface area contributed by atoms with Crippen molar-refractivity contribution in [1.29, 1.82) is 0 Å². The van der Waals surface area contributed by atoms with Crippen molar-refractivity contribution < 1.29 is 8.78 Å². The van der Waals surface area contributed by atoms with Crippen LogP contribution in [0.2, 0.25) is 0 Å². The number of hydrogen-bond acceptors (Lipinski definition) is 1. The molecule has 0 aromatic heterocycles. The second-order valence-electron chi connectivity index (χ2n) is 4.57. The average Bonchev–Trinajstić information content (AvgIpc) is 2.34. The quantitative estimate of drug-likeness (QED) is 0.870. The van der Waals surface area contributed by atoms with E-state index < -0.39 is 17.7 Å². The van der Waals surface area contributed by atoms with Crippen LogP contribution in [0.1, 0.15) is 28.3 Å². The topological polar surface area (TPSA) is 26.0 Å². The molecule has 2 rings (SSSR count). The summed E-state index contributed by atoms with van der Waals surface area (Å²) in [5.41, 5.74) is 7.96. The fourth-order valence-electron chi connectivity index (χ4n) is 2.11. The molecular weight excluding hydrogens is 312 g/mol. The van der Waals surface area contributed by atoms with Crippen molar-refractivity contribution in [2.75, 3.05) is 0 Å². The Morgan fingerprint density at radius 3 is 2.37 bits per heavy atom. The van der Waals surface area contributed by atoms with Gasteiger partial charge in [-0.1, -0.05) is 28.1 Å². The van der Waals surface area contributed by atoms with Crippen molar-refractivity contribution in [2.45, 2.75) is 19.9 Å². The lowest BCUT2D eigenvalue weighted by Crippen LogP contribution is -2.17. The monoisotopic (exact) mass is 325 g/mol. The lowest BCUT2D eigenvalue weighted by molar-refractivity contribution is 0.537. The Morgan fingerprint density at radius 1 is 1.05 bits per heavy atom. The first-order valence-corrected chi connectivity index (χ1v) is 6.67. The van der Waals surface area contributed by atoms with Crippen molar-refractivity contribution in [3.8, 4) is 0 Å². The molecule has 0 radical (unpaired) electrons. The van der Waals surface area contributed by atoms with Gasteiger partial charge in [0.05, 0.1) is 6.04 Å². The van der Waals surface area contributed by atoms with Gasteiger partial charge in [0.1, 0.15) is 11.6 Å². The van der Waals surface area contributed by atoms with Crippen molar-refractivity contribution in [3.63, 3.8) is 0 Å². The number of halogens is 3. The van der Waals surface area contributed by atoms with Crippen LogP contribution in [0.5, 0.6) is 0 Å². The second-order valence-corrected chi connectivity index (χ2v) is 5.49. The minimum absolute atomic E-state index is 0.0783. The third-order valence-corrected chi connectivity index (χ3v) is 3.69. The highest BCUT2D eigenvalue weighted by Gasteiger charge is 2.21. The molecule has 0 fully saturated rings. The van der Waals surface area contributed by atoms with E-state index in [1.165, 1.54) is 12.1 Å². The predicted molar refractivity (Wildman–Crippen MR) is 76.0 cm³/mol. The maximum Gasteiger partial charge on any atom is 0.134 e. The maximum absolute atomic E-state index is 14.1. The van der Waals surface area contributed by atoms with Gasteiger partial charge in [0.25, 0.3) is 0 Å². The smallest absolute Gasteiger partial charge is 0.134 e. The standard InChI is InChI=1S/C15H14BrF2N/c1-8-3-6-12(17)13(14(8)18)15(19)11-5-4-10(16)7-9(11)2/h3-7,15H,19H2,1-2H3. The summed E-state index contributed by atoms with van der Waals surface area (Å²) in [6.45, 7) is 3.46. The molecule has 19 heavy (non-hydrogen) atoms. The number of benzene rings is 2. The molecular formula is C15H14BrF2N. The summed E-state index contributed by atoms with van der Waals surface area (Å²) in [5, 5.41) is 0. The van der Waals surface area contributed by atoms with E-state index in [9.17, 15) is 8.78 Å². The number of nitrogens with two attached hydrogens (primary N) is 1. The molecule has 2 aromatic rings. The van der Waals surface area contributed by atoms with Crippen molar-refractivity contribution in [3.05, 3.63) is 68.7 Å². The van der Waals surface area contributed by atoms with Crippen LogP contribution in [-0.4, -0.2) is 0 Å². The van der Waals surface area contributed by atoms with Gasteiger partial charge in [-0.15, -0.1) is 0 Å². The van der Waals surface area contributed by atoms with Gasteiger partial charge in [0.15, 0.2) is 0 Å². The Balaban J connectivity index is 2.56. The summed E-state index contributed by atoms with van der Waals surface area (Å²) in [6, 6.07) is 7.32. The molecule has 1 unspecified atom stereocenters. The molecule has 1 atom stereocenters. The molecule has 1 nitrogen and oxygen atoms in total. The average molecular weight is 326 g/mol. The Hall–Kier alpha value is -1.26. The molecule has 0 bridgehead atoms. The third kappa shape index (κ3) is 2.69. The molecule has 0 aliphatic carbocycles. The lowest BCUT2D eigenvalue weighted by Gasteiger charge is -2.18. The molecule has 0 aliphatic heterocycles. The summed E-state index contributed by atoms with van der Waals surface area (Å²) < 4.78 is 28.8. The second kappa shape index (κ2) is 5.39.